The van der Waals surface area contributed by atoms with Crippen LogP contribution in [0.3, 0.4) is 0 Å². The van der Waals surface area contributed by atoms with E-state index >= 15 is 0 Å². The molecule has 3 nitrogen and oxygen atoms in total. The molecule has 1 spiro atoms. The van der Waals surface area contributed by atoms with Gasteiger partial charge in [-0.1, -0.05) is 194 Å². The van der Waals surface area contributed by atoms with Gasteiger partial charge >= 0.3 is 0 Å². The second-order valence-corrected chi connectivity index (χ2v) is 18.3. The molecular weight excluding hydrogens is 825 g/mol. The average molecular weight is 863 g/mol. The number of rotatable bonds is 5. The molecule has 0 saturated heterocycles. The fraction of sp³-hybridized carbons (Fsp3) is 0.0154. The van der Waals surface area contributed by atoms with Gasteiger partial charge < -0.3 is 4.42 Å². The van der Waals surface area contributed by atoms with Crippen LogP contribution in [0.15, 0.2) is 235 Å². The summed E-state index contributed by atoms with van der Waals surface area (Å²) in [4.78, 5) is 10.4. The van der Waals surface area contributed by atoms with E-state index in [9.17, 15) is 0 Å². The molecule has 0 radical (unpaired) electrons. The molecule has 68 heavy (non-hydrogen) atoms. The molecule has 0 fully saturated rings. The standard InChI is InChI=1S/C65H38N2O/c1-3-15-39(16-4-1)57-38-58(40-17-5-2-6-18-40)67-64(66-57)44-20-11-19-41(35-44)42-31-34-51-56(37-42)65(53-26-9-7-21-47(53)48-22-8-10-27-54(48)65)55-28-12-23-45(61(51)55)43-32-33-46-49-24-13-29-59-62(49)63-50(52(46)36-43)25-14-30-60(63)68-59/h1-38H. The molecular formula is C65H38N2O. The van der Waals surface area contributed by atoms with Gasteiger partial charge in [-0.25, -0.2) is 9.97 Å². The van der Waals surface area contributed by atoms with Crippen LogP contribution in [0.1, 0.15) is 22.3 Å². The molecule has 2 aliphatic rings. The number of benzene rings is 11. The Hall–Kier alpha value is -8.92. The number of hydrogen-bond acceptors (Lipinski definition) is 3. The summed E-state index contributed by atoms with van der Waals surface area (Å²) in [5.41, 5.74) is 21.3. The van der Waals surface area contributed by atoms with E-state index < -0.39 is 5.41 Å². The van der Waals surface area contributed by atoms with Crippen LogP contribution in [0.4, 0.5) is 0 Å². The summed E-state index contributed by atoms with van der Waals surface area (Å²) in [5.74, 6) is 0.697. The van der Waals surface area contributed by atoms with E-state index in [0.29, 0.717) is 5.82 Å². The van der Waals surface area contributed by atoms with Gasteiger partial charge in [0, 0.05) is 27.5 Å². The molecule has 0 bridgehead atoms. The highest BCUT2D eigenvalue weighted by Crippen LogP contribution is 2.64. The van der Waals surface area contributed by atoms with Gasteiger partial charge in [-0.2, -0.15) is 0 Å². The topological polar surface area (TPSA) is 38.9 Å². The Bertz CT molecular complexity index is 4100. The molecule has 2 heterocycles. The van der Waals surface area contributed by atoms with E-state index in [-0.39, 0.29) is 0 Å². The molecule has 2 aliphatic carbocycles. The van der Waals surface area contributed by atoms with E-state index in [1.54, 1.807) is 0 Å². The second-order valence-electron chi connectivity index (χ2n) is 18.3. The van der Waals surface area contributed by atoms with Crippen molar-refractivity contribution in [1.29, 1.82) is 0 Å². The zero-order valence-electron chi connectivity index (χ0n) is 36.7. The van der Waals surface area contributed by atoms with Gasteiger partial charge in [0.1, 0.15) is 11.2 Å². The fourth-order valence-corrected chi connectivity index (χ4v) is 12.0. The lowest BCUT2D eigenvalue weighted by Crippen LogP contribution is -2.25. The summed E-state index contributed by atoms with van der Waals surface area (Å²) >= 11 is 0. The molecule has 11 aromatic carbocycles. The van der Waals surface area contributed by atoms with Crippen LogP contribution in [0.25, 0.3) is 122 Å². The van der Waals surface area contributed by atoms with Gasteiger partial charge in [0.2, 0.25) is 0 Å². The van der Waals surface area contributed by atoms with Crippen molar-refractivity contribution >= 4 is 43.5 Å². The van der Waals surface area contributed by atoms with Crippen LogP contribution in [0.2, 0.25) is 0 Å². The van der Waals surface area contributed by atoms with Gasteiger partial charge in [0.25, 0.3) is 0 Å². The first-order valence-corrected chi connectivity index (χ1v) is 23.4. The molecule has 0 saturated carbocycles. The first-order chi connectivity index (χ1) is 33.7. The van der Waals surface area contributed by atoms with Crippen LogP contribution in [-0.2, 0) is 5.41 Å². The molecule has 0 N–H and O–H groups in total. The molecule has 314 valence electrons. The summed E-state index contributed by atoms with van der Waals surface area (Å²) in [6, 6.07) is 83.9. The summed E-state index contributed by atoms with van der Waals surface area (Å²) < 4.78 is 6.42. The van der Waals surface area contributed by atoms with Gasteiger partial charge in [-0.3, -0.25) is 0 Å². The lowest BCUT2D eigenvalue weighted by Gasteiger charge is -2.31. The highest BCUT2D eigenvalue weighted by molar-refractivity contribution is 6.33. The maximum Gasteiger partial charge on any atom is 0.160 e. The molecule has 3 heteroatoms. The smallest absolute Gasteiger partial charge is 0.160 e. The van der Waals surface area contributed by atoms with Gasteiger partial charge in [0.15, 0.2) is 5.82 Å². The molecule has 0 atom stereocenters. The van der Waals surface area contributed by atoms with Crippen LogP contribution >= 0.6 is 0 Å². The van der Waals surface area contributed by atoms with E-state index in [0.717, 1.165) is 50.4 Å². The zero-order chi connectivity index (χ0) is 44.5. The normalized spacial score (nSPS) is 13.1. The monoisotopic (exact) mass is 862 g/mol. The Morgan fingerprint density at radius 3 is 1.51 bits per heavy atom. The zero-order valence-corrected chi connectivity index (χ0v) is 36.7. The van der Waals surface area contributed by atoms with E-state index in [4.69, 9.17) is 14.4 Å². The predicted octanol–water partition coefficient (Wildman–Crippen LogP) is 16.8. The minimum atomic E-state index is -0.527. The summed E-state index contributed by atoms with van der Waals surface area (Å²) in [5, 5.41) is 7.34. The lowest BCUT2D eigenvalue weighted by molar-refractivity contribution is 0.669. The highest BCUT2D eigenvalue weighted by atomic mass is 16.3. The van der Waals surface area contributed by atoms with Crippen LogP contribution < -0.4 is 0 Å². The molecule has 0 aliphatic heterocycles. The Labute approximate surface area is 392 Å². The predicted molar refractivity (Wildman–Crippen MR) is 279 cm³/mol. The first-order valence-electron chi connectivity index (χ1n) is 23.4. The number of hydrogen-bond donors (Lipinski definition) is 0. The Morgan fingerprint density at radius 2 is 0.824 bits per heavy atom. The van der Waals surface area contributed by atoms with Gasteiger partial charge in [-0.15, -0.1) is 0 Å². The number of nitrogens with zero attached hydrogens (tertiary/aromatic N) is 2. The van der Waals surface area contributed by atoms with Gasteiger partial charge in [-0.05, 0) is 125 Å². The second kappa shape index (κ2) is 14.0. The Kier molecular flexibility index (Phi) is 7.71. The quantitative estimate of drug-likeness (QED) is 0.162. The van der Waals surface area contributed by atoms with Crippen molar-refractivity contribution in [2.75, 3.05) is 0 Å². The Morgan fingerprint density at radius 1 is 0.294 bits per heavy atom. The molecule has 15 rings (SSSR count). The SMILES string of the molecule is c1ccc(-c2cc(-c3ccccc3)nc(-c3cccc(-c4ccc5c(c4)C4(c6ccccc6-c6ccccc64)c4cccc(-c6ccc7c(c6)c6cccc8oc9cccc7c9c86)c4-5)c3)n2)cc1. The minimum Gasteiger partial charge on any atom is -0.456 e. The third kappa shape index (κ3) is 5.13. The first kappa shape index (κ1) is 37.3. The van der Waals surface area contributed by atoms with Crippen molar-refractivity contribution in [3.63, 3.8) is 0 Å². The fourth-order valence-electron chi connectivity index (χ4n) is 12.0. The average Bonchev–Trinajstić information content (AvgIpc) is 4.05. The third-order valence-corrected chi connectivity index (χ3v) is 14.9. The summed E-state index contributed by atoms with van der Waals surface area (Å²) in [6.07, 6.45) is 0. The van der Waals surface area contributed by atoms with Crippen molar-refractivity contribution in [2.24, 2.45) is 0 Å². The van der Waals surface area contributed by atoms with E-state index in [2.05, 4.69) is 218 Å². The largest absolute Gasteiger partial charge is 0.456 e. The molecule has 0 amide bonds. The summed E-state index contributed by atoms with van der Waals surface area (Å²) in [6.45, 7) is 0. The number of aromatic nitrogens is 2. The summed E-state index contributed by atoms with van der Waals surface area (Å²) in [7, 11) is 0. The van der Waals surface area contributed by atoms with Gasteiger partial charge in [0.05, 0.1) is 16.8 Å². The van der Waals surface area contributed by atoms with Crippen molar-refractivity contribution < 1.29 is 4.42 Å². The highest BCUT2D eigenvalue weighted by Gasteiger charge is 2.52. The van der Waals surface area contributed by atoms with Crippen molar-refractivity contribution in [3.8, 4) is 78.4 Å². The number of furan rings is 1. The minimum absolute atomic E-state index is 0.527. The molecule has 0 unspecified atom stereocenters. The third-order valence-electron chi connectivity index (χ3n) is 14.9. The van der Waals surface area contributed by atoms with Crippen molar-refractivity contribution in [3.05, 3.63) is 253 Å². The van der Waals surface area contributed by atoms with Crippen LogP contribution in [0, 0.1) is 0 Å². The molecule has 2 aromatic heterocycles. The maximum absolute atomic E-state index is 6.42. The van der Waals surface area contributed by atoms with E-state index in [1.165, 1.54) is 88.0 Å². The molecule has 13 aromatic rings. The maximum atomic E-state index is 6.42. The number of fused-ring (bicyclic) bond motifs is 13. The van der Waals surface area contributed by atoms with Crippen molar-refractivity contribution in [2.45, 2.75) is 5.41 Å². The van der Waals surface area contributed by atoms with Crippen LogP contribution in [0.5, 0.6) is 0 Å². The van der Waals surface area contributed by atoms with Crippen molar-refractivity contribution in [1.82, 2.24) is 9.97 Å². The van der Waals surface area contributed by atoms with Crippen LogP contribution in [-0.4, -0.2) is 9.97 Å². The van der Waals surface area contributed by atoms with E-state index in [1.807, 2.05) is 12.1 Å². The lowest BCUT2D eigenvalue weighted by atomic mass is 9.70. The Balaban J connectivity index is 0.946.